The number of ether oxygens (including phenoxy) is 2. The lowest BCUT2D eigenvalue weighted by molar-refractivity contribution is -0.0312. The van der Waals surface area contributed by atoms with Gasteiger partial charge in [-0.15, -0.1) is 0 Å². The lowest BCUT2D eigenvalue weighted by Crippen LogP contribution is -2.38. The molecule has 0 fully saturated rings. The summed E-state index contributed by atoms with van der Waals surface area (Å²) in [6, 6.07) is -0.221. The van der Waals surface area contributed by atoms with E-state index in [4.69, 9.17) is 9.47 Å². The van der Waals surface area contributed by atoms with Crippen LogP contribution in [0.15, 0.2) is 11.5 Å². The molecule has 106 valence electrons. The topological polar surface area (TPSA) is 84.9 Å². The minimum Gasteiger partial charge on any atom is -0.389 e. The lowest BCUT2D eigenvalue weighted by atomic mass is 10.3. The fourth-order valence-corrected chi connectivity index (χ4v) is 2.88. The van der Waals surface area contributed by atoms with Crippen LogP contribution in [0.4, 0.5) is 0 Å². The SMILES string of the molecule is COCC(C)OCC(O)CNC1C=CS(=O)(=O)C1. The number of hydrogen-bond acceptors (Lipinski definition) is 6. The van der Waals surface area contributed by atoms with Crippen LogP contribution in [0.25, 0.3) is 0 Å². The highest BCUT2D eigenvalue weighted by atomic mass is 32.2. The second-order valence-corrected chi connectivity index (χ2v) is 6.36. The summed E-state index contributed by atoms with van der Waals surface area (Å²) in [6.07, 6.45) is 0.855. The van der Waals surface area contributed by atoms with Gasteiger partial charge in [0, 0.05) is 25.1 Å². The molecule has 1 rings (SSSR count). The molecule has 0 spiro atoms. The molecule has 0 aliphatic carbocycles. The van der Waals surface area contributed by atoms with Gasteiger partial charge in [0.15, 0.2) is 9.84 Å². The number of aliphatic hydroxyl groups is 1. The van der Waals surface area contributed by atoms with Crippen LogP contribution in [-0.4, -0.2) is 64.4 Å². The van der Waals surface area contributed by atoms with Crippen LogP contribution >= 0.6 is 0 Å². The average Bonchev–Trinajstić information content (AvgIpc) is 2.64. The number of nitrogens with one attached hydrogen (secondary N) is 1. The van der Waals surface area contributed by atoms with E-state index in [9.17, 15) is 13.5 Å². The Bertz CT molecular complexity index is 368. The van der Waals surface area contributed by atoms with Crippen LogP contribution < -0.4 is 5.32 Å². The van der Waals surface area contributed by atoms with E-state index in [-0.39, 0.29) is 24.5 Å². The smallest absolute Gasteiger partial charge is 0.173 e. The molecule has 0 radical (unpaired) electrons. The zero-order valence-corrected chi connectivity index (χ0v) is 11.5. The summed E-state index contributed by atoms with van der Waals surface area (Å²) in [5.74, 6) is 0.0562. The van der Waals surface area contributed by atoms with Crippen molar-refractivity contribution < 1.29 is 23.0 Å². The van der Waals surface area contributed by atoms with Gasteiger partial charge in [-0.3, -0.25) is 0 Å². The van der Waals surface area contributed by atoms with Gasteiger partial charge in [-0.2, -0.15) is 0 Å². The van der Waals surface area contributed by atoms with Crippen LogP contribution in [-0.2, 0) is 19.3 Å². The maximum atomic E-state index is 11.1. The largest absolute Gasteiger partial charge is 0.389 e. The summed E-state index contributed by atoms with van der Waals surface area (Å²) in [6.45, 7) is 2.82. The maximum absolute atomic E-state index is 11.1. The predicted molar refractivity (Wildman–Crippen MR) is 68.0 cm³/mol. The molecular weight excluding hydrogens is 258 g/mol. The molecule has 3 atom stereocenters. The number of hydrogen-bond donors (Lipinski definition) is 2. The molecule has 1 aliphatic rings. The highest BCUT2D eigenvalue weighted by molar-refractivity contribution is 7.94. The van der Waals surface area contributed by atoms with Crippen molar-refractivity contribution in [3.05, 3.63) is 11.5 Å². The molecule has 0 aromatic rings. The second kappa shape index (κ2) is 7.20. The molecule has 1 heterocycles. The van der Waals surface area contributed by atoms with Crippen molar-refractivity contribution in [1.82, 2.24) is 5.32 Å². The van der Waals surface area contributed by atoms with E-state index < -0.39 is 15.9 Å². The third-order valence-electron chi connectivity index (χ3n) is 2.52. The van der Waals surface area contributed by atoms with Crippen LogP contribution in [0, 0.1) is 0 Å². The molecule has 0 aromatic heterocycles. The summed E-state index contributed by atoms with van der Waals surface area (Å²) >= 11 is 0. The Balaban J connectivity index is 2.14. The van der Waals surface area contributed by atoms with E-state index in [2.05, 4.69) is 5.32 Å². The van der Waals surface area contributed by atoms with Gasteiger partial charge in [0.25, 0.3) is 0 Å². The normalized spacial score (nSPS) is 25.2. The van der Waals surface area contributed by atoms with E-state index in [0.717, 1.165) is 0 Å². The molecule has 6 nitrogen and oxygen atoms in total. The molecule has 7 heteroatoms. The van der Waals surface area contributed by atoms with Gasteiger partial charge in [0.1, 0.15) is 0 Å². The Morgan fingerprint density at radius 3 is 2.78 bits per heavy atom. The van der Waals surface area contributed by atoms with Crippen molar-refractivity contribution in [2.45, 2.75) is 25.2 Å². The standard InChI is InChI=1S/C11H21NO5S/c1-9(6-16-2)17-7-11(13)5-12-10-3-4-18(14,15)8-10/h3-4,9-13H,5-8H2,1-2H3. The Morgan fingerprint density at radius 2 is 2.22 bits per heavy atom. The summed E-state index contributed by atoms with van der Waals surface area (Å²) < 4.78 is 32.5. The monoisotopic (exact) mass is 279 g/mol. The quantitative estimate of drug-likeness (QED) is 0.611. The molecule has 2 N–H and O–H groups in total. The van der Waals surface area contributed by atoms with Crippen molar-refractivity contribution in [2.75, 3.05) is 32.6 Å². The maximum Gasteiger partial charge on any atom is 0.173 e. The summed E-state index contributed by atoms with van der Waals surface area (Å²) in [7, 11) is -1.46. The van der Waals surface area contributed by atoms with Crippen LogP contribution in [0.3, 0.4) is 0 Å². The molecule has 3 unspecified atom stereocenters. The predicted octanol–water partition coefficient (Wildman–Crippen LogP) is -0.701. The van der Waals surface area contributed by atoms with Gasteiger partial charge in [-0.25, -0.2) is 8.42 Å². The van der Waals surface area contributed by atoms with Gasteiger partial charge in [0.05, 0.1) is 31.2 Å². The number of rotatable bonds is 8. The van der Waals surface area contributed by atoms with Gasteiger partial charge >= 0.3 is 0 Å². The van der Waals surface area contributed by atoms with Crippen molar-refractivity contribution in [1.29, 1.82) is 0 Å². The zero-order valence-electron chi connectivity index (χ0n) is 10.7. The molecule has 0 saturated carbocycles. The minimum absolute atomic E-state index is 0.0562. The van der Waals surface area contributed by atoms with Crippen LogP contribution in [0.2, 0.25) is 0 Å². The van der Waals surface area contributed by atoms with Gasteiger partial charge in [0.2, 0.25) is 0 Å². The second-order valence-electron chi connectivity index (χ2n) is 4.43. The Labute approximate surface area is 108 Å². The summed E-state index contributed by atoms with van der Waals surface area (Å²) in [4.78, 5) is 0. The molecule has 18 heavy (non-hydrogen) atoms. The highest BCUT2D eigenvalue weighted by Gasteiger charge is 2.21. The first-order chi connectivity index (χ1) is 8.43. The number of methoxy groups -OCH3 is 1. The van der Waals surface area contributed by atoms with Crippen molar-refractivity contribution in [3.8, 4) is 0 Å². The Morgan fingerprint density at radius 1 is 1.50 bits per heavy atom. The van der Waals surface area contributed by atoms with E-state index >= 15 is 0 Å². The lowest BCUT2D eigenvalue weighted by Gasteiger charge is -2.17. The average molecular weight is 279 g/mol. The van der Waals surface area contributed by atoms with E-state index in [0.29, 0.717) is 13.2 Å². The van der Waals surface area contributed by atoms with Gasteiger partial charge in [-0.05, 0) is 6.92 Å². The number of aliphatic hydroxyl groups excluding tert-OH is 1. The summed E-state index contributed by atoms with van der Waals surface area (Å²) in [5, 5.41) is 13.8. The fraction of sp³-hybridized carbons (Fsp3) is 0.818. The van der Waals surface area contributed by atoms with Gasteiger partial charge in [-0.1, -0.05) is 6.08 Å². The molecule has 0 amide bonds. The van der Waals surface area contributed by atoms with Crippen molar-refractivity contribution in [2.24, 2.45) is 0 Å². The van der Waals surface area contributed by atoms with Crippen molar-refractivity contribution in [3.63, 3.8) is 0 Å². The van der Waals surface area contributed by atoms with Crippen LogP contribution in [0.5, 0.6) is 0 Å². The third kappa shape index (κ3) is 5.92. The van der Waals surface area contributed by atoms with Crippen LogP contribution in [0.1, 0.15) is 6.92 Å². The molecule has 0 bridgehead atoms. The molecule has 0 aromatic carbocycles. The molecular formula is C11H21NO5S. The van der Waals surface area contributed by atoms with Crippen molar-refractivity contribution >= 4 is 9.84 Å². The molecule has 1 aliphatic heterocycles. The Hall–Kier alpha value is -0.470. The highest BCUT2D eigenvalue weighted by Crippen LogP contribution is 2.07. The van der Waals surface area contributed by atoms with E-state index in [1.807, 2.05) is 6.92 Å². The number of sulfone groups is 1. The Kier molecular flexibility index (Phi) is 6.24. The van der Waals surface area contributed by atoms with E-state index in [1.165, 1.54) is 5.41 Å². The third-order valence-corrected chi connectivity index (χ3v) is 3.92. The first-order valence-corrected chi connectivity index (χ1v) is 7.57. The fourth-order valence-electron chi connectivity index (χ4n) is 1.61. The zero-order chi connectivity index (χ0) is 13.6. The first-order valence-electron chi connectivity index (χ1n) is 5.86. The summed E-state index contributed by atoms with van der Waals surface area (Å²) in [5.41, 5.74) is 0. The first kappa shape index (κ1) is 15.6. The van der Waals surface area contributed by atoms with Gasteiger partial charge < -0.3 is 19.9 Å². The molecule has 0 saturated heterocycles. The van der Waals surface area contributed by atoms with E-state index in [1.54, 1.807) is 13.2 Å². The minimum atomic E-state index is -3.05.